The Balaban J connectivity index is 1.55. The van der Waals surface area contributed by atoms with Gasteiger partial charge in [-0.25, -0.2) is 4.98 Å². The molecule has 0 radical (unpaired) electrons. The van der Waals surface area contributed by atoms with Crippen LogP contribution in [-0.2, 0) is 20.7 Å². The van der Waals surface area contributed by atoms with Crippen LogP contribution in [0.15, 0.2) is 18.2 Å². The first-order chi connectivity index (χ1) is 13.7. The molecule has 2 heterocycles. The summed E-state index contributed by atoms with van der Waals surface area (Å²) in [6.45, 7) is 7.23. The zero-order valence-electron chi connectivity index (χ0n) is 16.9. The van der Waals surface area contributed by atoms with Crippen molar-refractivity contribution in [1.82, 2.24) is 19.6 Å². The van der Waals surface area contributed by atoms with Crippen molar-refractivity contribution in [1.29, 1.82) is 0 Å². The van der Waals surface area contributed by atoms with Crippen LogP contribution in [0.5, 0.6) is 0 Å². The van der Waals surface area contributed by atoms with E-state index >= 15 is 0 Å². The van der Waals surface area contributed by atoms with Crippen LogP contribution in [0, 0.1) is 27.7 Å². The van der Waals surface area contributed by atoms with Gasteiger partial charge < -0.3 is 15.8 Å². The maximum absolute atomic E-state index is 12.1. The average molecular weight is 396 g/mol. The zero-order chi connectivity index (χ0) is 21.1. The Bertz CT molecular complexity index is 1090. The molecular formula is C20H24N6O3. The molecule has 0 aliphatic heterocycles. The highest BCUT2D eigenvalue weighted by atomic mass is 16.5. The van der Waals surface area contributed by atoms with E-state index in [1.54, 1.807) is 4.52 Å². The third kappa shape index (κ3) is 4.68. The summed E-state index contributed by atoms with van der Waals surface area (Å²) in [6.07, 6.45) is 0.535. The van der Waals surface area contributed by atoms with Crippen LogP contribution in [0.3, 0.4) is 0 Å². The number of nitrogen functional groups attached to an aromatic ring is 1. The molecule has 152 valence electrons. The minimum atomic E-state index is -0.460. The minimum Gasteiger partial charge on any atom is -0.456 e. The number of esters is 1. The van der Waals surface area contributed by atoms with Crippen LogP contribution in [0.2, 0.25) is 0 Å². The van der Waals surface area contributed by atoms with Gasteiger partial charge in [-0.15, -0.1) is 5.10 Å². The molecule has 0 unspecified atom stereocenters. The maximum atomic E-state index is 12.1. The highest BCUT2D eigenvalue weighted by Gasteiger charge is 2.15. The first kappa shape index (κ1) is 20.2. The largest absolute Gasteiger partial charge is 0.456 e. The van der Waals surface area contributed by atoms with Crippen LogP contribution in [0.4, 0.5) is 11.6 Å². The Morgan fingerprint density at radius 2 is 1.93 bits per heavy atom. The van der Waals surface area contributed by atoms with Crippen LogP contribution in [-0.4, -0.2) is 38.1 Å². The molecule has 9 nitrogen and oxygen atoms in total. The van der Waals surface area contributed by atoms with E-state index < -0.39 is 5.97 Å². The van der Waals surface area contributed by atoms with E-state index in [0.29, 0.717) is 17.9 Å². The van der Waals surface area contributed by atoms with Crippen molar-refractivity contribution in [2.24, 2.45) is 0 Å². The number of hydrogen-bond donors (Lipinski definition) is 2. The quantitative estimate of drug-likeness (QED) is 0.611. The molecule has 1 amide bonds. The predicted octanol–water partition coefficient (Wildman–Crippen LogP) is 2.05. The fourth-order valence-corrected chi connectivity index (χ4v) is 3.09. The number of nitrogens with zero attached hydrogens (tertiary/aromatic N) is 4. The first-order valence-electron chi connectivity index (χ1n) is 9.25. The van der Waals surface area contributed by atoms with Crippen molar-refractivity contribution < 1.29 is 14.3 Å². The van der Waals surface area contributed by atoms with Crippen molar-refractivity contribution in [3.8, 4) is 0 Å². The van der Waals surface area contributed by atoms with Gasteiger partial charge in [-0.1, -0.05) is 12.1 Å². The molecule has 0 fully saturated rings. The van der Waals surface area contributed by atoms with E-state index in [4.69, 9.17) is 10.5 Å². The minimum absolute atomic E-state index is 0.121. The van der Waals surface area contributed by atoms with Crippen LogP contribution in [0.1, 0.15) is 34.5 Å². The number of rotatable bonds is 6. The van der Waals surface area contributed by atoms with Crippen molar-refractivity contribution in [3.63, 3.8) is 0 Å². The van der Waals surface area contributed by atoms with Crippen molar-refractivity contribution in [2.45, 2.75) is 40.5 Å². The number of amides is 1. The highest BCUT2D eigenvalue weighted by molar-refractivity contribution is 5.93. The van der Waals surface area contributed by atoms with Crippen molar-refractivity contribution in [2.75, 3.05) is 17.7 Å². The summed E-state index contributed by atoms with van der Waals surface area (Å²) in [7, 11) is 0. The Labute approximate surface area is 168 Å². The van der Waals surface area contributed by atoms with E-state index in [-0.39, 0.29) is 24.9 Å². The van der Waals surface area contributed by atoms with Crippen molar-refractivity contribution >= 4 is 29.3 Å². The number of carbonyl (C=O) groups excluding carboxylic acids is 2. The maximum Gasteiger partial charge on any atom is 0.306 e. The van der Waals surface area contributed by atoms with Gasteiger partial charge in [-0.2, -0.15) is 9.50 Å². The van der Waals surface area contributed by atoms with E-state index in [1.165, 1.54) is 0 Å². The van der Waals surface area contributed by atoms with E-state index in [0.717, 1.165) is 28.1 Å². The fourth-order valence-electron chi connectivity index (χ4n) is 3.09. The van der Waals surface area contributed by atoms with Gasteiger partial charge in [0.25, 0.3) is 11.7 Å². The van der Waals surface area contributed by atoms with Gasteiger partial charge in [-0.05, 0) is 56.9 Å². The SMILES string of the molecule is Cc1ccc(C)c(NC(=O)COC(=O)CCc2c(C)nc3nc(N)nn3c2C)c1. The highest BCUT2D eigenvalue weighted by Crippen LogP contribution is 2.17. The Morgan fingerprint density at radius 1 is 1.17 bits per heavy atom. The number of aromatic nitrogens is 4. The summed E-state index contributed by atoms with van der Waals surface area (Å²) >= 11 is 0. The molecule has 0 saturated heterocycles. The number of benzene rings is 1. The molecule has 2 aromatic heterocycles. The molecule has 0 aliphatic rings. The summed E-state index contributed by atoms with van der Waals surface area (Å²) in [5, 5.41) is 6.87. The summed E-state index contributed by atoms with van der Waals surface area (Å²) < 4.78 is 6.67. The normalized spacial score (nSPS) is 10.9. The summed E-state index contributed by atoms with van der Waals surface area (Å²) in [6, 6.07) is 5.77. The molecule has 0 atom stereocenters. The molecule has 0 saturated carbocycles. The van der Waals surface area contributed by atoms with E-state index in [1.807, 2.05) is 45.9 Å². The number of aryl methyl sites for hydroxylation is 4. The molecule has 29 heavy (non-hydrogen) atoms. The molecular weight excluding hydrogens is 372 g/mol. The second kappa shape index (κ2) is 8.26. The van der Waals surface area contributed by atoms with Gasteiger partial charge in [0.15, 0.2) is 6.61 Å². The number of anilines is 2. The lowest BCUT2D eigenvalue weighted by Gasteiger charge is -2.11. The van der Waals surface area contributed by atoms with Crippen molar-refractivity contribution in [3.05, 3.63) is 46.3 Å². The Morgan fingerprint density at radius 3 is 2.69 bits per heavy atom. The van der Waals surface area contributed by atoms with Gasteiger partial charge in [0, 0.05) is 23.5 Å². The summed E-state index contributed by atoms with van der Waals surface area (Å²) in [5.41, 5.74) is 10.8. The predicted molar refractivity (Wildman–Crippen MR) is 108 cm³/mol. The number of carbonyl (C=O) groups is 2. The number of nitrogens with two attached hydrogens (primary N) is 1. The molecule has 0 spiro atoms. The topological polar surface area (TPSA) is 124 Å². The third-order valence-corrected chi connectivity index (χ3v) is 4.68. The smallest absolute Gasteiger partial charge is 0.306 e. The Hall–Kier alpha value is -3.49. The lowest BCUT2D eigenvalue weighted by atomic mass is 10.1. The van der Waals surface area contributed by atoms with Gasteiger partial charge in [0.05, 0.1) is 0 Å². The lowest BCUT2D eigenvalue weighted by Crippen LogP contribution is -2.21. The number of nitrogens with one attached hydrogen (secondary N) is 1. The van der Waals surface area contributed by atoms with Gasteiger partial charge in [0.1, 0.15) is 0 Å². The molecule has 9 heteroatoms. The summed E-state index contributed by atoms with van der Waals surface area (Å²) in [4.78, 5) is 32.6. The fraction of sp³-hybridized carbons (Fsp3) is 0.350. The van der Waals surface area contributed by atoms with Crippen LogP contribution >= 0.6 is 0 Å². The molecule has 3 aromatic rings. The standard InChI is InChI=1S/C20H24N6O3/c1-11-5-6-12(2)16(9-11)23-17(27)10-29-18(28)8-7-15-13(3)22-20-24-19(21)25-26(20)14(15)4/h5-6,9H,7-8,10H2,1-4H3,(H2,21,25)(H,23,27). The Kier molecular flexibility index (Phi) is 5.76. The van der Waals surface area contributed by atoms with Gasteiger partial charge in [-0.3, -0.25) is 9.59 Å². The third-order valence-electron chi connectivity index (χ3n) is 4.68. The molecule has 1 aromatic carbocycles. The molecule has 3 rings (SSSR count). The van der Waals surface area contributed by atoms with E-state index in [2.05, 4.69) is 20.4 Å². The first-order valence-corrected chi connectivity index (χ1v) is 9.25. The summed E-state index contributed by atoms with van der Waals surface area (Å²) in [5.74, 6) is -0.267. The van der Waals surface area contributed by atoms with Gasteiger partial charge >= 0.3 is 5.97 Å². The monoisotopic (exact) mass is 396 g/mol. The van der Waals surface area contributed by atoms with Crippen LogP contribution < -0.4 is 11.1 Å². The second-order valence-electron chi connectivity index (χ2n) is 6.97. The molecule has 0 bridgehead atoms. The van der Waals surface area contributed by atoms with Crippen LogP contribution in [0.25, 0.3) is 5.78 Å². The zero-order valence-corrected chi connectivity index (χ0v) is 16.9. The average Bonchev–Trinajstić information content (AvgIpc) is 3.03. The number of ether oxygens (including phenoxy) is 1. The second-order valence-corrected chi connectivity index (χ2v) is 6.97. The van der Waals surface area contributed by atoms with E-state index in [9.17, 15) is 9.59 Å². The number of fused-ring (bicyclic) bond motifs is 1. The number of hydrogen-bond acceptors (Lipinski definition) is 7. The van der Waals surface area contributed by atoms with Gasteiger partial charge in [0.2, 0.25) is 5.95 Å². The molecule has 0 aliphatic carbocycles. The lowest BCUT2D eigenvalue weighted by molar-refractivity contribution is -0.147. The molecule has 3 N–H and O–H groups in total.